The Hall–Kier alpha value is -3.59. The first kappa shape index (κ1) is 20.2. The number of amides is 2. The van der Waals surface area contributed by atoms with Crippen molar-refractivity contribution in [2.75, 3.05) is 5.32 Å². The van der Waals surface area contributed by atoms with E-state index in [0.717, 1.165) is 22.2 Å². The lowest BCUT2D eigenvalue weighted by atomic mass is 10.1. The Labute approximate surface area is 170 Å². The Kier molecular flexibility index (Phi) is 5.99. The smallest absolute Gasteiger partial charge is 0.270 e. The molecule has 0 spiro atoms. The topological polar surface area (TPSA) is 114 Å². The third-order valence-electron chi connectivity index (χ3n) is 4.12. The number of nitrogens with zero attached hydrogens (tertiary/aromatic N) is 2. The van der Waals surface area contributed by atoms with Crippen LogP contribution in [0.3, 0.4) is 0 Å². The highest BCUT2D eigenvalue weighted by Gasteiger charge is 2.20. The van der Waals surface area contributed by atoms with Gasteiger partial charge in [-0.2, -0.15) is 0 Å². The molecule has 3 aromatic rings. The molecule has 1 unspecified atom stereocenters. The van der Waals surface area contributed by atoms with Gasteiger partial charge in [-0.3, -0.25) is 19.7 Å². The number of nitro benzene ring substituents is 1. The molecule has 2 aromatic carbocycles. The molecule has 0 aliphatic rings. The number of hydrogen-bond donors (Lipinski definition) is 2. The van der Waals surface area contributed by atoms with E-state index in [9.17, 15) is 19.7 Å². The molecule has 8 nitrogen and oxygen atoms in total. The van der Waals surface area contributed by atoms with Gasteiger partial charge in [0, 0.05) is 17.7 Å². The average Bonchev–Trinajstić information content (AvgIpc) is 3.08. The highest BCUT2D eigenvalue weighted by molar-refractivity contribution is 7.19. The van der Waals surface area contributed by atoms with Crippen LogP contribution in [0.4, 0.5) is 10.8 Å². The largest absolute Gasteiger partial charge is 0.341 e. The fraction of sp³-hybridized carbons (Fsp3) is 0.150. The summed E-state index contributed by atoms with van der Waals surface area (Å²) in [5, 5.41) is 16.5. The molecule has 0 aliphatic heterocycles. The molecule has 2 amide bonds. The summed E-state index contributed by atoms with van der Waals surface area (Å²) in [4.78, 5) is 40.3. The summed E-state index contributed by atoms with van der Waals surface area (Å²) in [7, 11) is 0. The maximum atomic E-state index is 12.4. The van der Waals surface area contributed by atoms with Crippen LogP contribution in [0.25, 0.3) is 10.4 Å². The number of nitro groups is 1. The van der Waals surface area contributed by atoms with Gasteiger partial charge in [0.15, 0.2) is 5.13 Å². The van der Waals surface area contributed by atoms with Crippen LogP contribution < -0.4 is 10.6 Å². The minimum absolute atomic E-state index is 0.107. The molecule has 1 aromatic heterocycles. The fourth-order valence-corrected chi connectivity index (χ4v) is 3.60. The van der Waals surface area contributed by atoms with Crippen molar-refractivity contribution in [2.45, 2.75) is 19.9 Å². The van der Waals surface area contributed by atoms with E-state index in [1.807, 2.05) is 37.3 Å². The summed E-state index contributed by atoms with van der Waals surface area (Å²) in [5.41, 5.74) is 1.72. The van der Waals surface area contributed by atoms with Crippen molar-refractivity contribution >= 4 is 34.0 Å². The predicted molar refractivity (Wildman–Crippen MR) is 111 cm³/mol. The number of carbonyl (C=O) groups excluding carboxylic acids is 2. The average molecular weight is 410 g/mol. The van der Waals surface area contributed by atoms with Crippen LogP contribution in [-0.4, -0.2) is 27.8 Å². The van der Waals surface area contributed by atoms with Gasteiger partial charge in [0.25, 0.3) is 11.6 Å². The first-order valence-electron chi connectivity index (χ1n) is 8.74. The SMILES string of the molecule is Cc1nc(NC(=O)C(C)NC(=O)c2cccc([N+](=O)[O-])c2)sc1-c1ccccc1. The Morgan fingerprint density at radius 3 is 2.55 bits per heavy atom. The lowest BCUT2D eigenvalue weighted by molar-refractivity contribution is -0.384. The second-order valence-electron chi connectivity index (χ2n) is 6.29. The van der Waals surface area contributed by atoms with Crippen LogP contribution in [0.15, 0.2) is 54.6 Å². The van der Waals surface area contributed by atoms with E-state index in [2.05, 4.69) is 15.6 Å². The maximum Gasteiger partial charge on any atom is 0.270 e. The number of aryl methyl sites for hydroxylation is 1. The molecule has 1 heterocycles. The standard InChI is InChI=1S/C20H18N4O4S/c1-12-17(14-7-4-3-5-8-14)29-20(22-12)23-18(25)13(2)21-19(26)15-9-6-10-16(11-15)24(27)28/h3-11,13H,1-2H3,(H,21,26)(H,22,23,25). The third-order valence-corrected chi connectivity index (χ3v) is 5.24. The predicted octanol–water partition coefficient (Wildman–Crippen LogP) is 3.78. The molecule has 148 valence electrons. The van der Waals surface area contributed by atoms with Crippen LogP contribution in [0.2, 0.25) is 0 Å². The first-order valence-corrected chi connectivity index (χ1v) is 9.56. The zero-order valence-electron chi connectivity index (χ0n) is 15.7. The number of nitrogens with one attached hydrogen (secondary N) is 2. The number of benzene rings is 2. The van der Waals surface area contributed by atoms with Crippen LogP contribution >= 0.6 is 11.3 Å². The van der Waals surface area contributed by atoms with Gasteiger partial charge in [-0.25, -0.2) is 4.98 Å². The van der Waals surface area contributed by atoms with Crippen molar-refractivity contribution in [2.24, 2.45) is 0 Å². The van der Waals surface area contributed by atoms with Crippen molar-refractivity contribution in [3.05, 3.63) is 76.0 Å². The summed E-state index contributed by atoms with van der Waals surface area (Å²) < 4.78 is 0. The van der Waals surface area contributed by atoms with Gasteiger partial charge in [-0.1, -0.05) is 47.7 Å². The van der Waals surface area contributed by atoms with E-state index in [-0.39, 0.29) is 11.3 Å². The van der Waals surface area contributed by atoms with Gasteiger partial charge in [0.2, 0.25) is 5.91 Å². The normalized spacial score (nSPS) is 11.5. The number of rotatable bonds is 6. The molecule has 2 N–H and O–H groups in total. The molecular formula is C20H18N4O4S. The number of thiazole rings is 1. The summed E-state index contributed by atoms with van der Waals surface area (Å²) in [6, 6.07) is 14.2. The number of aromatic nitrogens is 1. The number of hydrogen-bond acceptors (Lipinski definition) is 6. The van der Waals surface area contributed by atoms with Crippen LogP contribution in [0.5, 0.6) is 0 Å². The molecule has 9 heteroatoms. The number of non-ortho nitro benzene ring substituents is 1. The van der Waals surface area contributed by atoms with Gasteiger partial charge in [-0.05, 0) is 25.5 Å². The quantitative estimate of drug-likeness (QED) is 0.474. The van der Waals surface area contributed by atoms with E-state index in [1.165, 1.54) is 36.5 Å². The van der Waals surface area contributed by atoms with Gasteiger partial charge < -0.3 is 10.6 Å². The van der Waals surface area contributed by atoms with E-state index >= 15 is 0 Å². The maximum absolute atomic E-state index is 12.4. The van der Waals surface area contributed by atoms with E-state index < -0.39 is 22.8 Å². The monoisotopic (exact) mass is 410 g/mol. The molecule has 0 aliphatic carbocycles. The second kappa shape index (κ2) is 8.61. The van der Waals surface area contributed by atoms with Crippen molar-refractivity contribution in [3.63, 3.8) is 0 Å². The summed E-state index contributed by atoms with van der Waals surface area (Å²) in [5.74, 6) is -1.01. The van der Waals surface area contributed by atoms with E-state index in [1.54, 1.807) is 0 Å². The molecule has 29 heavy (non-hydrogen) atoms. The lowest BCUT2D eigenvalue weighted by Gasteiger charge is -2.13. The molecule has 0 saturated heterocycles. The molecular weight excluding hydrogens is 392 g/mol. The molecule has 1 atom stereocenters. The summed E-state index contributed by atoms with van der Waals surface area (Å²) in [6.07, 6.45) is 0. The van der Waals surface area contributed by atoms with Gasteiger partial charge >= 0.3 is 0 Å². The van der Waals surface area contributed by atoms with Crippen molar-refractivity contribution in [3.8, 4) is 10.4 Å². The van der Waals surface area contributed by atoms with Gasteiger partial charge in [-0.15, -0.1) is 0 Å². The Balaban J connectivity index is 1.66. The van der Waals surface area contributed by atoms with E-state index in [4.69, 9.17) is 0 Å². The van der Waals surface area contributed by atoms with Crippen molar-refractivity contribution in [1.82, 2.24) is 10.3 Å². The molecule has 0 fully saturated rings. The van der Waals surface area contributed by atoms with Crippen molar-refractivity contribution < 1.29 is 14.5 Å². The summed E-state index contributed by atoms with van der Waals surface area (Å²) >= 11 is 1.35. The minimum atomic E-state index is -0.855. The zero-order chi connectivity index (χ0) is 21.0. The Morgan fingerprint density at radius 2 is 1.86 bits per heavy atom. The van der Waals surface area contributed by atoms with Crippen LogP contribution in [0, 0.1) is 17.0 Å². The molecule has 0 bridgehead atoms. The van der Waals surface area contributed by atoms with Crippen molar-refractivity contribution in [1.29, 1.82) is 0 Å². The Bertz CT molecular complexity index is 1070. The zero-order valence-corrected chi connectivity index (χ0v) is 16.5. The highest BCUT2D eigenvalue weighted by Crippen LogP contribution is 2.32. The summed E-state index contributed by atoms with van der Waals surface area (Å²) in [6.45, 7) is 3.39. The molecule has 3 rings (SSSR count). The lowest BCUT2D eigenvalue weighted by Crippen LogP contribution is -2.41. The van der Waals surface area contributed by atoms with Crippen LogP contribution in [-0.2, 0) is 4.79 Å². The Morgan fingerprint density at radius 1 is 1.14 bits per heavy atom. The second-order valence-corrected chi connectivity index (χ2v) is 7.29. The van der Waals surface area contributed by atoms with Gasteiger partial charge in [0.1, 0.15) is 6.04 Å². The number of carbonyl (C=O) groups is 2. The first-order chi connectivity index (χ1) is 13.8. The van der Waals surface area contributed by atoms with Gasteiger partial charge in [0.05, 0.1) is 15.5 Å². The fourth-order valence-electron chi connectivity index (χ4n) is 2.63. The number of anilines is 1. The molecule has 0 radical (unpaired) electrons. The highest BCUT2D eigenvalue weighted by atomic mass is 32.1. The third kappa shape index (κ3) is 4.82. The van der Waals surface area contributed by atoms with E-state index in [0.29, 0.717) is 5.13 Å². The minimum Gasteiger partial charge on any atom is -0.341 e. The van der Waals surface area contributed by atoms with Crippen LogP contribution in [0.1, 0.15) is 23.0 Å². The molecule has 0 saturated carbocycles.